The van der Waals surface area contributed by atoms with Crippen LogP contribution in [-0.2, 0) is 21.7 Å². The van der Waals surface area contributed by atoms with Crippen molar-refractivity contribution in [3.8, 4) is 33.8 Å². The highest BCUT2D eigenvalue weighted by Crippen LogP contribution is 2.46. The molecule has 62 heavy (non-hydrogen) atoms. The molecule has 3 nitrogen and oxygen atoms in total. The number of para-hydroxylation sites is 1. The Morgan fingerprint density at radius 3 is 1.60 bits per heavy atom. The average molecular weight is 839 g/mol. The minimum Gasteiger partial charge on any atom is -0.457 e. The van der Waals surface area contributed by atoms with Crippen molar-refractivity contribution in [2.45, 2.75) is 105 Å². The first-order chi connectivity index (χ1) is 29.1. The highest BCUT2D eigenvalue weighted by atomic mass is 35.5. The molecule has 316 valence electrons. The molecule has 7 aromatic carbocycles. The van der Waals surface area contributed by atoms with E-state index in [-0.39, 0.29) is 21.7 Å². The maximum atomic E-state index is 7.04. The number of fused-ring (bicyclic) bond motifs is 3. The summed E-state index contributed by atoms with van der Waals surface area (Å²) in [5, 5.41) is 2.81. The number of benzene rings is 7. The molecule has 0 aliphatic heterocycles. The number of nitrogens with zero attached hydrogens (tertiary/aromatic N) is 1. The van der Waals surface area contributed by atoms with Crippen LogP contribution in [0.5, 0.6) is 11.5 Å². The maximum Gasteiger partial charge on any atom is 0.136 e. The van der Waals surface area contributed by atoms with E-state index in [0.717, 1.165) is 61.4 Å². The molecule has 0 unspecified atom stereocenters. The van der Waals surface area contributed by atoms with Crippen molar-refractivity contribution in [1.29, 1.82) is 0 Å². The van der Waals surface area contributed by atoms with Crippen LogP contribution < -0.4 is 9.64 Å². The predicted molar refractivity (Wildman–Crippen MR) is 266 cm³/mol. The maximum absolute atomic E-state index is 7.04. The van der Waals surface area contributed by atoms with E-state index in [2.05, 4.69) is 203 Å². The third kappa shape index (κ3) is 8.92. The van der Waals surface area contributed by atoms with Crippen LogP contribution in [0.1, 0.15) is 105 Å². The number of hydrogen-bond donors (Lipinski definition) is 0. The zero-order valence-electron chi connectivity index (χ0n) is 38.5. The average Bonchev–Trinajstić information content (AvgIpc) is 3.59. The summed E-state index contributed by atoms with van der Waals surface area (Å²) in [7, 11) is 0. The summed E-state index contributed by atoms with van der Waals surface area (Å²) in [5.74, 6) is 1.48. The highest BCUT2D eigenvalue weighted by Gasteiger charge is 2.26. The van der Waals surface area contributed by atoms with Crippen molar-refractivity contribution in [3.63, 3.8) is 0 Å². The van der Waals surface area contributed by atoms with Crippen molar-refractivity contribution in [3.05, 3.63) is 173 Å². The predicted octanol–water partition coefficient (Wildman–Crippen LogP) is 18.0. The Morgan fingerprint density at radius 1 is 0.419 bits per heavy atom. The van der Waals surface area contributed by atoms with Gasteiger partial charge in [0.15, 0.2) is 0 Å². The van der Waals surface area contributed by atoms with E-state index < -0.39 is 0 Å². The molecule has 0 atom stereocenters. The lowest BCUT2D eigenvalue weighted by molar-refractivity contribution is 0.483. The fourth-order valence-electron chi connectivity index (χ4n) is 8.15. The number of hydrogen-bond acceptors (Lipinski definition) is 3. The second kappa shape index (κ2) is 15.9. The molecule has 0 N–H and O–H groups in total. The van der Waals surface area contributed by atoms with Crippen LogP contribution in [0.2, 0.25) is 5.02 Å². The standard InChI is InChI=1S/C58H60ClNO2/c1-55(2,3)40-26-38(27-41(31-40)56(4,5)6)37-18-15-21-48(29-37)61-49-30-39(50-23-17-25-53-54(50)51-22-13-14-24-52(51)62-53)28-46(36-49)60(45-20-16-19-44(59)35-45)47-33-42(57(7,8)9)32-43(34-47)58(10,11)12/h13-36H,1-12H3. The van der Waals surface area contributed by atoms with E-state index in [0.29, 0.717) is 10.8 Å². The molecule has 0 bridgehead atoms. The van der Waals surface area contributed by atoms with Gasteiger partial charge in [-0.2, -0.15) is 0 Å². The lowest BCUT2D eigenvalue weighted by Gasteiger charge is -2.31. The molecule has 0 saturated heterocycles. The van der Waals surface area contributed by atoms with Crippen molar-refractivity contribution in [1.82, 2.24) is 0 Å². The Hall–Kier alpha value is -5.77. The summed E-state index contributed by atoms with van der Waals surface area (Å²) in [6.07, 6.45) is 0. The minimum absolute atomic E-state index is 0.000963. The molecular formula is C58H60ClNO2. The Kier molecular flexibility index (Phi) is 11.0. The van der Waals surface area contributed by atoms with Gasteiger partial charge in [0.2, 0.25) is 0 Å². The first kappa shape index (κ1) is 42.9. The Bertz CT molecular complexity index is 2880. The summed E-state index contributed by atoms with van der Waals surface area (Å²) in [4.78, 5) is 2.32. The number of halogens is 1. The second-order valence-electron chi connectivity index (χ2n) is 21.0. The highest BCUT2D eigenvalue weighted by molar-refractivity contribution is 6.30. The molecule has 0 aliphatic carbocycles. The van der Waals surface area contributed by atoms with Gasteiger partial charge in [-0.1, -0.05) is 167 Å². The lowest BCUT2D eigenvalue weighted by Crippen LogP contribution is -2.19. The Labute approximate surface area is 374 Å². The molecule has 8 aromatic rings. The van der Waals surface area contributed by atoms with E-state index >= 15 is 0 Å². The number of rotatable bonds is 7. The zero-order valence-corrected chi connectivity index (χ0v) is 39.3. The van der Waals surface area contributed by atoms with E-state index in [9.17, 15) is 0 Å². The third-order valence-corrected chi connectivity index (χ3v) is 12.1. The molecule has 1 heterocycles. The number of furan rings is 1. The smallest absolute Gasteiger partial charge is 0.136 e. The van der Waals surface area contributed by atoms with Gasteiger partial charge in [-0.25, -0.2) is 0 Å². The van der Waals surface area contributed by atoms with Gasteiger partial charge < -0.3 is 14.1 Å². The first-order valence-electron chi connectivity index (χ1n) is 21.8. The van der Waals surface area contributed by atoms with Crippen molar-refractivity contribution >= 4 is 50.6 Å². The summed E-state index contributed by atoms with van der Waals surface area (Å²) in [6, 6.07) is 51.9. The van der Waals surface area contributed by atoms with E-state index in [4.69, 9.17) is 20.8 Å². The fraction of sp³-hybridized carbons (Fsp3) is 0.276. The van der Waals surface area contributed by atoms with Crippen LogP contribution >= 0.6 is 11.6 Å². The van der Waals surface area contributed by atoms with Gasteiger partial charge in [-0.3, -0.25) is 0 Å². The van der Waals surface area contributed by atoms with Crippen molar-refractivity contribution in [2.75, 3.05) is 4.90 Å². The van der Waals surface area contributed by atoms with Gasteiger partial charge in [-0.15, -0.1) is 0 Å². The molecule has 4 heteroatoms. The first-order valence-corrected chi connectivity index (χ1v) is 22.2. The van der Waals surface area contributed by atoms with E-state index in [1.165, 1.54) is 27.8 Å². The SMILES string of the molecule is CC(C)(C)c1cc(-c2cccc(Oc3cc(-c4cccc5oc6ccccc6c45)cc(N(c4cccc(Cl)c4)c4cc(C(C)(C)C)cc(C(C)(C)C)c4)c3)c2)cc(C(C)(C)C)c1. The van der Waals surface area contributed by atoms with E-state index in [1.807, 2.05) is 30.3 Å². The molecule has 0 radical (unpaired) electrons. The second-order valence-corrected chi connectivity index (χ2v) is 21.4. The number of ether oxygens (including phenoxy) is 1. The molecular weight excluding hydrogens is 778 g/mol. The van der Waals surface area contributed by atoms with Crippen molar-refractivity contribution < 1.29 is 9.15 Å². The van der Waals surface area contributed by atoms with Gasteiger partial charge >= 0.3 is 0 Å². The van der Waals surface area contributed by atoms with Crippen LogP contribution in [0.15, 0.2) is 150 Å². The molecule has 0 fully saturated rings. The molecule has 0 amide bonds. The summed E-state index contributed by atoms with van der Waals surface area (Å²) in [6.45, 7) is 27.4. The molecule has 0 spiro atoms. The molecule has 0 saturated carbocycles. The van der Waals surface area contributed by atoms with Gasteiger partial charge in [0.05, 0.1) is 5.69 Å². The van der Waals surface area contributed by atoms with Gasteiger partial charge in [0.1, 0.15) is 22.7 Å². The fourth-order valence-corrected chi connectivity index (χ4v) is 8.33. The quantitative estimate of drug-likeness (QED) is 0.160. The Balaban J connectivity index is 1.36. The summed E-state index contributed by atoms with van der Waals surface area (Å²) in [5.41, 5.74) is 14.0. The minimum atomic E-state index is -0.0881. The summed E-state index contributed by atoms with van der Waals surface area (Å²) < 4.78 is 13.5. The van der Waals surface area contributed by atoms with Gasteiger partial charge in [-0.05, 0) is 133 Å². The molecule has 0 aliphatic rings. The zero-order chi connectivity index (χ0) is 44.4. The Morgan fingerprint density at radius 2 is 0.968 bits per heavy atom. The van der Waals surface area contributed by atoms with Crippen LogP contribution in [-0.4, -0.2) is 0 Å². The van der Waals surface area contributed by atoms with Gasteiger partial charge in [0.25, 0.3) is 0 Å². The van der Waals surface area contributed by atoms with Crippen LogP contribution in [0.25, 0.3) is 44.2 Å². The van der Waals surface area contributed by atoms with Crippen LogP contribution in [0, 0.1) is 0 Å². The largest absolute Gasteiger partial charge is 0.457 e. The monoisotopic (exact) mass is 837 g/mol. The topological polar surface area (TPSA) is 25.6 Å². The van der Waals surface area contributed by atoms with E-state index in [1.54, 1.807) is 0 Å². The van der Waals surface area contributed by atoms with Crippen molar-refractivity contribution in [2.24, 2.45) is 0 Å². The molecule has 8 rings (SSSR count). The van der Waals surface area contributed by atoms with Crippen LogP contribution in [0.3, 0.4) is 0 Å². The van der Waals surface area contributed by atoms with Gasteiger partial charge in [0, 0.05) is 33.2 Å². The summed E-state index contributed by atoms with van der Waals surface area (Å²) >= 11 is 6.82. The normalized spacial score (nSPS) is 12.6. The molecule has 1 aromatic heterocycles. The third-order valence-electron chi connectivity index (χ3n) is 11.9. The van der Waals surface area contributed by atoms with Crippen LogP contribution in [0.4, 0.5) is 17.1 Å². The lowest BCUT2D eigenvalue weighted by atomic mass is 9.79. The number of anilines is 3.